The highest BCUT2D eigenvalue weighted by Crippen LogP contribution is 2.42. The number of carboxylic acids is 2. The lowest BCUT2D eigenvalue weighted by atomic mass is 9.88. The van der Waals surface area contributed by atoms with Crippen LogP contribution < -0.4 is 10.6 Å². The Hall–Kier alpha value is -2.62. The van der Waals surface area contributed by atoms with Crippen molar-refractivity contribution in [1.82, 2.24) is 15.5 Å². The van der Waals surface area contributed by atoms with Gasteiger partial charge in [-0.2, -0.15) is 0 Å². The molecule has 1 saturated carbocycles. The zero-order valence-electron chi connectivity index (χ0n) is 15.6. The van der Waals surface area contributed by atoms with Crippen LogP contribution in [0.3, 0.4) is 0 Å². The van der Waals surface area contributed by atoms with Crippen molar-refractivity contribution in [2.24, 2.45) is 5.41 Å². The van der Waals surface area contributed by atoms with E-state index in [9.17, 15) is 9.59 Å². The Morgan fingerprint density at radius 1 is 1.26 bits per heavy atom. The van der Waals surface area contributed by atoms with E-state index in [0.29, 0.717) is 12.4 Å². The Morgan fingerprint density at radius 2 is 1.85 bits per heavy atom. The van der Waals surface area contributed by atoms with Gasteiger partial charge in [-0.25, -0.2) is 14.4 Å². The topological polar surface area (TPSA) is 145 Å². The number of carbonyl (C=O) groups excluding carboxylic acids is 2. The minimum Gasteiger partial charge on any atom is -0.473 e. The van der Waals surface area contributed by atoms with Gasteiger partial charge in [0.1, 0.15) is 11.4 Å². The summed E-state index contributed by atoms with van der Waals surface area (Å²) < 4.78 is 5.29. The second-order valence-corrected chi connectivity index (χ2v) is 7.76. The molecule has 2 heterocycles. The molecule has 3 rings (SSSR count). The van der Waals surface area contributed by atoms with Crippen molar-refractivity contribution in [3.63, 3.8) is 0 Å². The molecule has 0 aromatic heterocycles. The monoisotopic (exact) mass is 383 g/mol. The molecule has 150 valence electrons. The van der Waals surface area contributed by atoms with Gasteiger partial charge < -0.3 is 20.3 Å². The molecule has 0 bridgehead atoms. The fourth-order valence-electron chi connectivity index (χ4n) is 2.96. The van der Waals surface area contributed by atoms with Gasteiger partial charge in [0.2, 0.25) is 5.91 Å². The number of carbonyl (C=O) groups is 4. The van der Waals surface area contributed by atoms with Gasteiger partial charge in [-0.1, -0.05) is 0 Å². The van der Waals surface area contributed by atoms with Crippen molar-refractivity contribution >= 4 is 23.9 Å². The van der Waals surface area contributed by atoms with Crippen molar-refractivity contribution in [1.29, 1.82) is 0 Å². The zero-order valence-corrected chi connectivity index (χ0v) is 15.6. The summed E-state index contributed by atoms with van der Waals surface area (Å²) in [5.74, 6) is -2.94. The number of hydrogen-bond acceptors (Lipinski definition) is 6. The van der Waals surface area contributed by atoms with E-state index in [4.69, 9.17) is 24.5 Å². The average Bonchev–Trinajstić information content (AvgIpc) is 3.17. The van der Waals surface area contributed by atoms with Crippen LogP contribution in [-0.2, 0) is 19.1 Å². The number of nitrogens with zero attached hydrogens (tertiary/aromatic N) is 1. The van der Waals surface area contributed by atoms with Gasteiger partial charge in [0, 0.05) is 12.6 Å². The summed E-state index contributed by atoms with van der Waals surface area (Å²) in [6, 6.07) is 0.235. The van der Waals surface area contributed by atoms with Gasteiger partial charge in [-0.3, -0.25) is 15.0 Å². The molecule has 4 N–H and O–H groups in total. The van der Waals surface area contributed by atoms with Crippen LogP contribution in [0.25, 0.3) is 0 Å². The molecule has 0 aromatic rings. The summed E-state index contributed by atoms with van der Waals surface area (Å²) in [5, 5.41) is 20.8. The van der Waals surface area contributed by atoms with Gasteiger partial charge >= 0.3 is 18.0 Å². The Balaban J connectivity index is 0.000000380. The van der Waals surface area contributed by atoms with E-state index in [1.165, 1.54) is 0 Å². The zero-order chi connectivity index (χ0) is 20.4. The Labute approximate surface area is 156 Å². The van der Waals surface area contributed by atoms with Crippen molar-refractivity contribution in [3.8, 4) is 0 Å². The number of amides is 2. The Morgan fingerprint density at radius 3 is 2.26 bits per heavy atom. The standard InChI is InChI=1S/C15H23N3O3.C2H2O4/c1-14(2,3)21-13(20)17-11-8-15(6-7-16-9-15)12(19)18(11)10-4-5-10;3-1(4)2(5)6/h8,10,16H,4-7,9H2,1-3H3,(H,17,20);(H,3,4)(H,5,6). The smallest absolute Gasteiger partial charge is 0.414 e. The number of ether oxygens (including phenoxy) is 1. The fraction of sp³-hybridized carbons (Fsp3) is 0.647. The first-order chi connectivity index (χ1) is 12.4. The van der Waals surface area contributed by atoms with Crippen LogP contribution in [0.15, 0.2) is 11.9 Å². The minimum atomic E-state index is -1.82. The molecule has 1 atom stereocenters. The van der Waals surface area contributed by atoms with E-state index < -0.39 is 29.0 Å². The predicted octanol–water partition coefficient (Wildman–Crippen LogP) is 0.492. The average molecular weight is 383 g/mol. The molecular weight excluding hydrogens is 358 g/mol. The lowest BCUT2D eigenvalue weighted by molar-refractivity contribution is -0.159. The second-order valence-electron chi connectivity index (χ2n) is 7.76. The van der Waals surface area contributed by atoms with Crippen molar-refractivity contribution in [3.05, 3.63) is 11.9 Å². The molecule has 10 nitrogen and oxygen atoms in total. The molecule has 1 unspecified atom stereocenters. The van der Waals surface area contributed by atoms with Crippen molar-refractivity contribution in [2.45, 2.75) is 51.7 Å². The van der Waals surface area contributed by atoms with E-state index >= 15 is 0 Å². The first-order valence-electron chi connectivity index (χ1n) is 8.69. The first-order valence-corrected chi connectivity index (χ1v) is 8.69. The highest BCUT2D eigenvalue weighted by atomic mass is 16.6. The molecule has 1 spiro atoms. The van der Waals surface area contributed by atoms with Crippen molar-refractivity contribution in [2.75, 3.05) is 13.1 Å². The number of carboxylic acid groups (broad SMARTS) is 2. The number of aliphatic carboxylic acids is 2. The molecule has 2 fully saturated rings. The lowest BCUT2D eigenvalue weighted by Crippen LogP contribution is -2.42. The number of hydrogen-bond donors (Lipinski definition) is 4. The van der Waals surface area contributed by atoms with E-state index in [1.807, 2.05) is 26.8 Å². The van der Waals surface area contributed by atoms with Gasteiger partial charge in [0.25, 0.3) is 0 Å². The summed E-state index contributed by atoms with van der Waals surface area (Å²) in [6.07, 6.45) is 4.20. The molecule has 0 radical (unpaired) electrons. The second kappa shape index (κ2) is 7.55. The summed E-state index contributed by atoms with van der Waals surface area (Å²) in [7, 11) is 0. The number of rotatable bonds is 2. The van der Waals surface area contributed by atoms with Crippen molar-refractivity contribution < 1.29 is 34.1 Å². The molecule has 2 amide bonds. The summed E-state index contributed by atoms with van der Waals surface area (Å²) in [4.78, 5) is 44.7. The highest BCUT2D eigenvalue weighted by Gasteiger charge is 2.52. The summed E-state index contributed by atoms with van der Waals surface area (Å²) in [6.45, 7) is 6.94. The Kier molecular flexibility index (Phi) is 5.79. The highest BCUT2D eigenvalue weighted by molar-refractivity contribution is 6.27. The maximum atomic E-state index is 12.7. The van der Waals surface area contributed by atoms with Crippen LogP contribution >= 0.6 is 0 Å². The third kappa shape index (κ3) is 5.19. The van der Waals surface area contributed by atoms with Crippen LogP contribution in [0.5, 0.6) is 0 Å². The maximum Gasteiger partial charge on any atom is 0.414 e. The van der Waals surface area contributed by atoms with Crippen LogP contribution in [0.1, 0.15) is 40.0 Å². The molecule has 27 heavy (non-hydrogen) atoms. The maximum absolute atomic E-state index is 12.7. The fourth-order valence-corrected chi connectivity index (χ4v) is 2.96. The number of nitrogens with one attached hydrogen (secondary N) is 2. The normalized spacial score (nSPS) is 24.2. The lowest BCUT2D eigenvalue weighted by Gasteiger charge is -2.25. The van der Waals surface area contributed by atoms with E-state index in [1.54, 1.807) is 4.90 Å². The van der Waals surface area contributed by atoms with Gasteiger partial charge in [0.15, 0.2) is 0 Å². The SMILES string of the molecule is CC(C)(C)OC(=O)NC1=CC2(CCNC2)C(=O)N1C1CC1.O=C(O)C(=O)O. The molecule has 0 aromatic carbocycles. The molecule has 1 aliphatic carbocycles. The Bertz CT molecular complexity index is 659. The molecule has 10 heteroatoms. The summed E-state index contributed by atoms with van der Waals surface area (Å²) in [5.41, 5.74) is -1.03. The molecule has 2 aliphatic heterocycles. The van der Waals surface area contributed by atoms with E-state index in [0.717, 1.165) is 25.8 Å². The minimum absolute atomic E-state index is 0.112. The first kappa shape index (κ1) is 20.7. The van der Waals surface area contributed by atoms with Gasteiger partial charge in [-0.15, -0.1) is 0 Å². The van der Waals surface area contributed by atoms with E-state index in [-0.39, 0.29) is 11.9 Å². The molecule has 1 saturated heterocycles. The third-order valence-corrected chi connectivity index (χ3v) is 4.23. The molecule has 3 aliphatic rings. The largest absolute Gasteiger partial charge is 0.473 e. The van der Waals surface area contributed by atoms with Gasteiger partial charge in [-0.05, 0) is 52.7 Å². The van der Waals surface area contributed by atoms with Crippen LogP contribution in [0, 0.1) is 5.41 Å². The van der Waals surface area contributed by atoms with Crippen LogP contribution in [-0.4, -0.2) is 63.8 Å². The van der Waals surface area contributed by atoms with Gasteiger partial charge in [0.05, 0.1) is 5.41 Å². The van der Waals surface area contributed by atoms with E-state index in [2.05, 4.69) is 10.6 Å². The number of alkyl carbamates (subject to hydrolysis) is 1. The van der Waals surface area contributed by atoms with Crippen LogP contribution in [0.4, 0.5) is 4.79 Å². The summed E-state index contributed by atoms with van der Waals surface area (Å²) >= 11 is 0. The van der Waals surface area contributed by atoms with Crippen LogP contribution in [0.2, 0.25) is 0 Å². The quantitative estimate of drug-likeness (QED) is 0.504. The molecular formula is C17H25N3O7. The predicted molar refractivity (Wildman–Crippen MR) is 92.5 cm³/mol. The third-order valence-electron chi connectivity index (χ3n) is 4.23.